The lowest BCUT2D eigenvalue weighted by Crippen LogP contribution is -2.32. The number of unbranched alkanes of at least 4 members (excludes halogenated alkanes) is 1. The van der Waals surface area contributed by atoms with Gasteiger partial charge >= 0.3 is 5.97 Å². The molecule has 0 heterocycles. The highest BCUT2D eigenvalue weighted by molar-refractivity contribution is 7.85. The first-order valence-corrected chi connectivity index (χ1v) is 10.4. The Morgan fingerprint density at radius 2 is 1.66 bits per heavy atom. The van der Waals surface area contributed by atoms with Gasteiger partial charge < -0.3 is 16.2 Å². The Morgan fingerprint density at radius 3 is 2.17 bits per heavy atom. The van der Waals surface area contributed by atoms with E-state index in [0.29, 0.717) is 13.0 Å². The van der Waals surface area contributed by atoms with Crippen molar-refractivity contribution in [2.75, 3.05) is 6.54 Å². The van der Waals surface area contributed by atoms with E-state index >= 15 is 0 Å². The van der Waals surface area contributed by atoms with Gasteiger partial charge in [0.2, 0.25) is 0 Å². The lowest BCUT2D eigenvalue weighted by Gasteiger charge is -2.11. The molecule has 0 fully saturated rings. The van der Waals surface area contributed by atoms with Gasteiger partial charge in [0.25, 0.3) is 10.1 Å². The van der Waals surface area contributed by atoms with E-state index < -0.39 is 16.2 Å². The van der Waals surface area contributed by atoms with Gasteiger partial charge in [0.1, 0.15) is 12.6 Å². The molecule has 0 aliphatic heterocycles. The van der Waals surface area contributed by atoms with Gasteiger partial charge in [0, 0.05) is 0 Å². The monoisotopic (exact) mass is 444 g/mol. The summed E-state index contributed by atoms with van der Waals surface area (Å²) >= 11 is 0. The molecule has 1 atom stereocenters. The average Bonchev–Trinajstić information content (AvgIpc) is 2.67. The number of hydrogen-bond acceptors (Lipinski definition) is 6. The summed E-state index contributed by atoms with van der Waals surface area (Å²) in [7, 11) is -4.02. The summed E-state index contributed by atoms with van der Waals surface area (Å²) in [6, 6.07) is 15.0. The van der Waals surface area contributed by atoms with Crippen LogP contribution in [-0.4, -0.2) is 31.5 Å². The van der Waals surface area contributed by atoms with E-state index in [2.05, 4.69) is 0 Å². The van der Waals surface area contributed by atoms with Crippen LogP contribution in [0.1, 0.15) is 30.4 Å². The molecule has 0 aliphatic rings. The molecule has 0 bridgehead atoms. The van der Waals surface area contributed by atoms with Gasteiger partial charge in [-0.25, -0.2) is 0 Å². The van der Waals surface area contributed by atoms with Crippen molar-refractivity contribution in [1.82, 2.24) is 0 Å². The van der Waals surface area contributed by atoms with Crippen LogP contribution in [0.25, 0.3) is 0 Å². The molecule has 0 spiro atoms. The molecule has 162 valence electrons. The minimum absolute atomic E-state index is 0. The number of carbonyl (C=O) groups excluding carboxylic acids is 1. The van der Waals surface area contributed by atoms with E-state index in [1.165, 1.54) is 12.1 Å². The first-order valence-electron chi connectivity index (χ1n) is 8.94. The summed E-state index contributed by atoms with van der Waals surface area (Å²) in [6.07, 6.45) is 2.38. The molecule has 0 amide bonds. The van der Waals surface area contributed by atoms with Crippen molar-refractivity contribution in [1.29, 1.82) is 0 Å². The highest BCUT2D eigenvalue weighted by Gasteiger charge is 2.14. The Bertz CT molecular complexity index is 815. The molecule has 0 aliphatic carbocycles. The van der Waals surface area contributed by atoms with Gasteiger partial charge in [-0.15, -0.1) is 12.4 Å². The van der Waals surface area contributed by atoms with Crippen LogP contribution < -0.4 is 11.5 Å². The Hall–Kier alpha value is -1.97. The summed E-state index contributed by atoms with van der Waals surface area (Å²) in [5, 5.41) is 0. The highest BCUT2D eigenvalue weighted by atomic mass is 35.5. The molecule has 29 heavy (non-hydrogen) atoms. The zero-order valence-electron chi connectivity index (χ0n) is 16.4. The van der Waals surface area contributed by atoms with E-state index in [1.807, 2.05) is 37.3 Å². The zero-order valence-corrected chi connectivity index (χ0v) is 18.0. The maximum absolute atomic E-state index is 11.5. The molecule has 2 rings (SSSR count). The molecule has 0 unspecified atom stereocenters. The largest absolute Gasteiger partial charge is 0.460 e. The standard InChI is InChI=1S/C13H20N2O2.C7H8O3S.ClH/c14-9-5-4-8-12(15)13(16)17-10-11-6-2-1-3-7-11;1-6-2-4-7(5-3-6)11(8,9)10;/h1-3,6-7,12H,4-5,8-10,14-15H2;2-5H,1H3,(H,8,9,10);1H/t12-;;/m0../s1. The van der Waals surface area contributed by atoms with Crippen LogP contribution >= 0.6 is 12.4 Å². The van der Waals surface area contributed by atoms with E-state index in [9.17, 15) is 13.2 Å². The smallest absolute Gasteiger partial charge is 0.323 e. The van der Waals surface area contributed by atoms with Crippen LogP contribution in [0.5, 0.6) is 0 Å². The number of nitrogens with two attached hydrogens (primary N) is 2. The summed E-state index contributed by atoms with van der Waals surface area (Å²) in [6.45, 7) is 2.75. The van der Waals surface area contributed by atoms with Crippen molar-refractivity contribution in [3.63, 3.8) is 0 Å². The van der Waals surface area contributed by atoms with Crippen LogP contribution in [0.15, 0.2) is 59.5 Å². The molecule has 2 aromatic rings. The van der Waals surface area contributed by atoms with Crippen LogP contribution in [-0.2, 0) is 26.3 Å². The van der Waals surface area contributed by atoms with Crippen molar-refractivity contribution < 1.29 is 22.5 Å². The maximum Gasteiger partial charge on any atom is 0.323 e. The summed E-state index contributed by atoms with van der Waals surface area (Å²) in [4.78, 5) is 11.5. The Morgan fingerprint density at radius 1 is 1.07 bits per heavy atom. The number of benzene rings is 2. The first kappa shape index (κ1) is 27.0. The average molecular weight is 445 g/mol. The third kappa shape index (κ3) is 11.6. The predicted molar refractivity (Wildman–Crippen MR) is 115 cm³/mol. The Kier molecular flexibility index (Phi) is 13.1. The minimum atomic E-state index is -4.02. The van der Waals surface area contributed by atoms with Crippen molar-refractivity contribution in [2.45, 2.75) is 43.7 Å². The molecular formula is C20H29ClN2O5S. The van der Waals surface area contributed by atoms with E-state index in [4.69, 9.17) is 20.8 Å². The molecule has 2 aromatic carbocycles. The topological polar surface area (TPSA) is 133 Å². The van der Waals surface area contributed by atoms with E-state index in [0.717, 1.165) is 24.0 Å². The molecule has 0 saturated carbocycles. The maximum atomic E-state index is 11.5. The van der Waals surface area contributed by atoms with Gasteiger partial charge in [-0.1, -0.05) is 54.4 Å². The van der Waals surface area contributed by atoms with Gasteiger partial charge in [0.05, 0.1) is 4.90 Å². The summed E-state index contributed by atoms with van der Waals surface area (Å²) in [5.41, 5.74) is 13.0. The molecule has 7 nitrogen and oxygen atoms in total. The fourth-order valence-corrected chi connectivity index (χ4v) is 2.65. The van der Waals surface area contributed by atoms with Gasteiger partial charge in [0.15, 0.2) is 0 Å². The van der Waals surface area contributed by atoms with Crippen LogP contribution in [0.3, 0.4) is 0 Å². The number of hydrogen-bond donors (Lipinski definition) is 3. The summed E-state index contributed by atoms with van der Waals surface area (Å²) in [5.74, 6) is -0.342. The van der Waals surface area contributed by atoms with Crippen molar-refractivity contribution in [3.05, 3.63) is 65.7 Å². The lowest BCUT2D eigenvalue weighted by atomic mass is 10.1. The molecule has 0 aromatic heterocycles. The third-order valence-electron chi connectivity index (χ3n) is 3.81. The Labute approximate surface area is 178 Å². The molecule has 9 heteroatoms. The van der Waals surface area contributed by atoms with Gasteiger partial charge in [-0.2, -0.15) is 8.42 Å². The van der Waals surface area contributed by atoms with Crippen LogP contribution in [0.4, 0.5) is 0 Å². The van der Waals surface area contributed by atoms with Crippen molar-refractivity contribution in [2.24, 2.45) is 11.5 Å². The molecule has 5 N–H and O–H groups in total. The van der Waals surface area contributed by atoms with E-state index in [-0.39, 0.29) is 29.9 Å². The summed E-state index contributed by atoms with van der Waals surface area (Å²) < 4.78 is 34.7. The number of esters is 1. The number of halogens is 1. The number of carbonyl (C=O) groups is 1. The third-order valence-corrected chi connectivity index (χ3v) is 4.68. The predicted octanol–water partition coefficient (Wildman–Crippen LogP) is 2.85. The molecule has 0 radical (unpaired) electrons. The van der Waals surface area contributed by atoms with Crippen molar-refractivity contribution >= 4 is 28.5 Å². The Balaban J connectivity index is 0.000000568. The second kappa shape index (κ2) is 14.1. The molecule has 0 saturated heterocycles. The number of ether oxygens (including phenoxy) is 1. The second-order valence-electron chi connectivity index (χ2n) is 6.27. The highest BCUT2D eigenvalue weighted by Crippen LogP contribution is 2.08. The van der Waals surface area contributed by atoms with Gasteiger partial charge in [-0.3, -0.25) is 9.35 Å². The molecular weight excluding hydrogens is 416 g/mol. The minimum Gasteiger partial charge on any atom is -0.460 e. The normalized spacial score (nSPS) is 11.4. The zero-order chi connectivity index (χ0) is 21.0. The first-order chi connectivity index (χ1) is 13.2. The number of aryl methyl sites for hydroxylation is 1. The lowest BCUT2D eigenvalue weighted by molar-refractivity contribution is -0.146. The quantitative estimate of drug-likeness (QED) is 0.324. The fraction of sp³-hybridized carbons (Fsp3) is 0.350. The van der Waals surface area contributed by atoms with E-state index in [1.54, 1.807) is 12.1 Å². The SMILES string of the molecule is Cc1ccc(S(=O)(=O)O)cc1.Cl.NCCCC[C@H](N)C(=O)OCc1ccccc1. The van der Waals surface area contributed by atoms with Crippen molar-refractivity contribution in [3.8, 4) is 0 Å². The number of rotatable bonds is 8. The second-order valence-corrected chi connectivity index (χ2v) is 7.69. The van der Waals surface area contributed by atoms with Crippen LogP contribution in [0, 0.1) is 6.92 Å². The fourth-order valence-electron chi connectivity index (χ4n) is 2.17. The van der Waals surface area contributed by atoms with Gasteiger partial charge in [-0.05, 0) is 44.0 Å². The van der Waals surface area contributed by atoms with Crippen LogP contribution in [0.2, 0.25) is 0 Å².